The lowest BCUT2D eigenvalue weighted by atomic mass is 9.96. The van der Waals surface area contributed by atoms with Crippen LogP contribution in [0.1, 0.15) is 19.8 Å². The maximum atomic E-state index is 12.4. The number of piperidine rings is 1. The molecule has 1 saturated heterocycles. The van der Waals surface area contributed by atoms with Gasteiger partial charge in [0.2, 0.25) is 11.8 Å². The number of amides is 2. The standard InChI is InChI=1S/C15H19Cl2N3O2/c1-9(20-4-2-3-10(8-20)14(18)21)15(22)19-13-6-11(16)5-12(17)7-13/h5-7,9-10H,2-4,8H2,1H3,(H2,18,21)(H,19,22)/t9-,10+/m0/s1. The molecule has 5 nitrogen and oxygen atoms in total. The first-order valence-electron chi connectivity index (χ1n) is 7.17. The molecular formula is C15H19Cl2N3O2. The van der Waals surface area contributed by atoms with E-state index in [1.165, 1.54) is 0 Å². The van der Waals surface area contributed by atoms with Crippen LogP contribution in [0.2, 0.25) is 10.0 Å². The third-order valence-corrected chi connectivity index (χ3v) is 4.35. The number of hydrogen-bond donors (Lipinski definition) is 2. The predicted molar refractivity (Wildman–Crippen MR) is 88.0 cm³/mol. The highest BCUT2D eigenvalue weighted by Gasteiger charge is 2.29. The molecule has 1 aliphatic heterocycles. The summed E-state index contributed by atoms with van der Waals surface area (Å²) < 4.78 is 0. The highest BCUT2D eigenvalue weighted by molar-refractivity contribution is 6.35. The third kappa shape index (κ3) is 4.35. The van der Waals surface area contributed by atoms with Crippen molar-refractivity contribution in [3.05, 3.63) is 28.2 Å². The number of rotatable bonds is 4. The number of carbonyl (C=O) groups is 2. The second kappa shape index (κ2) is 7.31. The summed E-state index contributed by atoms with van der Waals surface area (Å²) in [6.45, 7) is 3.10. The Kier molecular flexibility index (Phi) is 5.67. The van der Waals surface area contributed by atoms with Crippen molar-refractivity contribution in [1.82, 2.24) is 4.90 Å². The first kappa shape index (κ1) is 17.1. The van der Waals surface area contributed by atoms with Crippen LogP contribution in [0, 0.1) is 5.92 Å². The fourth-order valence-corrected chi connectivity index (χ4v) is 3.15. The van der Waals surface area contributed by atoms with E-state index in [1.54, 1.807) is 18.2 Å². The van der Waals surface area contributed by atoms with Crippen LogP contribution < -0.4 is 11.1 Å². The number of nitrogens with zero attached hydrogens (tertiary/aromatic N) is 1. The van der Waals surface area contributed by atoms with E-state index >= 15 is 0 Å². The first-order valence-corrected chi connectivity index (χ1v) is 7.92. The molecule has 3 N–H and O–H groups in total. The van der Waals surface area contributed by atoms with Crippen LogP contribution >= 0.6 is 23.2 Å². The summed E-state index contributed by atoms with van der Waals surface area (Å²) in [6.07, 6.45) is 1.64. The normalized spacial score (nSPS) is 20.4. The van der Waals surface area contributed by atoms with Crippen LogP contribution in [0.4, 0.5) is 5.69 Å². The molecule has 0 saturated carbocycles. The van der Waals surface area contributed by atoms with Crippen molar-refractivity contribution < 1.29 is 9.59 Å². The van der Waals surface area contributed by atoms with Gasteiger partial charge in [0.1, 0.15) is 0 Å². The van der Waals surface area contributed by atoms with E-state index in [0.29, 0.717) is 22.3 Å². The van der Waals surface area contributed by atoms with Crippen LogP contribution in [0.15, 0.2) is 18.2 Å². The summed E-state index contributed by atoms with van der Waals surface area (Å²) in [5.41, 5.74) is 5.92. The molecule has 120 valence electrons. The van der Waals surface area contributed by atoms with Gasteiger partial charge in [0.25, 0.3) is 0 Å². The summed E-state index contributed by atoms with van der Waals surface area (Å²) in [7, 11) is 0. The van der Waals surface area contributed by atoms with Crippen LogP contribution in [-0.4, -0.2) is 35.8 Å². The zero-order chi connectivity index (χ0) is 16.3. The monoisotopic (exact) mass is 343 g/mol. The molecule has 0 unspecified atom stereocenters. The number of nitrogens with two attached hydrogens (primary N) is 1. The molecule has 22 heavy (non-hydrogen) atoms. The average molecular weight is 344 g/mol. The van der Waals surface area contributed by atoms with Crippen LogP contribution in [0.5, 0.6) is 0 Å². The number of primary amides is 1. The third-order valence-electron chi connectivity index (χ3n) is 3.91. The maximum Gasteiger partial charge on any atom is 0.241 e. The Morgan fingerprint density at radius 3 is 2.55 bits per heavy atom. The number of hydrogen-bond acceptors (Lipinski definition) is 3. The van der Waals surface area contributed by atoms with Gasteiger partial charge in [-0.3, -0.25) is 14.5 Å². The Bertz CT molecular complexity index is 560. The van der Waals surface area contributed by atoms with Gasteiger partial charge in [0, 0.05) is 22.3 Å². The van der Waals surface area contributed by atoms with Gasteiger partial charge >= 0.3 is 0 Å². The maximum absolute atomic E-state index is 12.4. The molecule has 1 fully saturated rings. The van der Waals surface area contributed by atoms with Crippen LogP contribution in [-0.2, 0) is 9.59 Å². The Labute approximate surface area is 139 Å². The number of anilines is 1. The second-order valence-electron chi connectivity index (χ2n) is 5.56. The Morgan fingerprint density at radius 1 is 1.32 bits per heavy atom. The van der Waals surface area contributed by atoms with E-state index in [2.05, 4.69) is 5.32 Å². The Hall–Kier alpha value is -1.30. The van der Waals surface area contributed by atoms with Gasteiger partial charge in [-0.05, 0) is 44.5 Å². The zero-order valence-electron chi connectivity index (χ0n) is 12.3. The molecule has 2 amide bonds. The zero-order valence-corrected chi connectivity index (χ0v) is 13.8. The molecule has 1 aromatic carbocycles. The van der Waals surface area contributed by atoms with E-state index in [-0.39, 0.29) is 23.8 Å². The minimum absolute atomic E-state index is 0.163. The highest BCUT2D eigenvalue weighted by Crippen LogP contribution is 2.23. The number of nitrogens with one attached hydrogen (secondary N) is 1. The van der Waals surface area contributed by atoms with Crippen molar-refractivity contribution in [2.24, 2.45) is 11.7 Å². The summed E-state index contributed by atoms with van der Waals surface area (Å²) in [5.74, 6) is -0.660. The van der Waals surface area contributed by atoms with E-state index in [4.69, 9.17) is 28.9 Å². The number of carbonyl (C=O) groups excluding carboxylic acids is 2. The van der Waals surface area contributed by atoms with E-state index in [0.717, 1.165) is 19.4 Å². The molecule has 1 aliphatic rings. The molecular weight excluding hydrogens is 325 g/mol. The Balaban J connectivity index is 2.00. The van der Waals surface area contributed by atoms with E-state index < -0.39 is 0 Å². The topological polar surface area (TPSA) is 75.4 Å². The summed E-state index contributed by atoms with van der Waals surface area (Å²) >= 11 is 11.8. The van der Waals surface area contributed by atoms with E-state index in [1.807, 2.05) is 11.8 Å². The average Bonchev–Trinajstić information content (AvgIpc) is 2.45. The number of benzene rings is 1. The smallest absolute Gasteiger partial charge is 0.241 e. The van der Waals surface area contributed by atoms with Gasteiger partial charge in [-0.25, -0.2) is 0 Å². The van der Waals surface area contributed by atoms with Gasteiger partial charge in [0.15, 0.2) is 0 Å². The van der Waals surface area contributed by atoms with Gasteiger partial charge in [-0.15, -0.1) is 0 Å². The fourth-order valence-electron chi connectivity index (χ4n) is 2.63. The molecule has 7 heteroatoms. The summed E-state index contributed by atoms with van der Waals surface area (Å²) in [6, 6.07) is 4.52. The molecule has 2 rings (SSSR count). The van der Waals surface area contributed by atoms with Crippen molar-refractivity contribution in [3.63, 3.8) is 0 Å². The number of likely N-dealkylation sites (tertiary alicyclic amines) is 1. The quantitative estimate of drug-likeness (QED) is 0.881. The lowest BCUT2D eigenvalue weighted by Gasteiger charge is -2.34. The minimum atomic E-state index is -0.361. The lowest BCUT2D eigenvalue weighted by molar-refractivity contribution is -0.127. The molecule has 0 aromatic heterocycles. The molecule has 0 spiro atoms. The lowest BCUT2D eigenvalue weighted by Crippen LogP contribution is -2.49. The van der Waals surface area contributed by atoms with Crippen molar-refractivity contribution in [3.8, 4) is 0 Å². The van der Waals surface area contributed by atoms with Crippen molar-refractivity contribution in [1.29, 1.82) is 0 Å². The highest BCUT2D eigenvalue weighted by atomic mass is 35.5. The molecule has 1 aromatic rings. The van der Waals surface area contributed by atoms with Gasteiger partial charge in [0.05, 0.1) is 12.0 Å². The fraction of sp³-hybridized carbons (Fsp3) is 0.467. The largest absolute Gasteiger partial charge is 0.369 e. The van der Waals surface area contributed by atoms with Crippen molar-refractivity contribution >= 4 is 40.7 Å². The van der Waals surface area contributed by atoms with Crippen molar-refractivity contribution in [2.75, 3.05) is 18.4 Å². The minimum Gasteiger partial charge on any atom is -0.369 e. The van der Waals surface area contributed by atoms with Crippen LogP contribution in [0.3, 0.4) is 0 Å². The molecule has 0 aliphatic carbocycles. The van der Waals surface area contributed by atoms with E-state index in [9.17, 15) is 9.59 Å². The van der Waals surface area contributed by atoms with Crippen molar-refractivity contribution in [2.45, 2.75) is 25.8 Å². The molecule has 0 radical (unpaired) electrons. The first-order chi connectivity index (χ1) is 10.4. The van der Waals surface area contributed by atoms with Gasteiger partial charge < -0.3 is 11.1 Å². The second-order valence-corrected chi connectivity index (χ2v) is 6.43. The summed E-state index contributed by atoms with van der Waals surface area (Å²) in [4.78, 5) is 25.7. The SMILES string of the molecule is C[C@@H](C(=O)Nc1cc(Cl)cc(Cl)c1)N1CCC[C@@H](C(N)=O)C1. The number of halogens is 2. The molecule has 2 atom stereocenters. The summed E-state index contributed by atoms with van der Waals surface area (Å²) in [5, 5.41) is 3.72. The molecule has 1 heterocycles. The van der Waals surface area contributed by atoms with Gasteiger partial charge in [-0.2, -0.15) is 0 Å². The van der Waals surface area contributed by atoms with Gasteiger partial charge in [-0.1, -0.05) is 23.2 Å². The Morgan fingerprint density at radius 2 is 1.95 bits per heavy atom. The van der Waals surface area contributed by atoms with Crippen LogP contribution in [0.25, 0.3) is 0 Å². The molecule has 0 bridgehead atoms. The predicted octanol–water partition coefficient (Wildman–Crippen LogP) is 2.52.